The highest BCUT2D eigenvalue weighted by molar-refractivity contribution is 9.10. The minimum absolute atomic E-state index is 0.0185. The first-order valence-corrected chi connectivity index (χ1v) is 13.6. The number of aromatic nitrogens is 3. The number of anilines is 2. The van der Waals surface area contributed by atoms with Crippen LogP contribution in [-0.4, -0.2) is 38.9 Å². The molecule has 8 nitrogen and oxygen atoms in total. The van der Waals surface area contributed by atoms with E-state index in [4.69, 9.17) is 9.47 Å². The third kappa shape index (κ3) is 6.07. The van der Waals surface area contributed by atoms with E-state index in [-0.39, 0.29) is 23.9 Å². The van der Waals surface area contributed by atoms with Crippen LogP contribution in [0, 0.1) is 5.82 Å². The van der Waals surface area contributed by atoms with E-state index in [0.29, 0.717) is 23.8 Å². The van der Waals surface area contributed by atoms with Gasteiger partial charge >= 0.3 is 5.97 Å². The molecular weight excluding hydrogens is 579 g/mol. The number of ketones is 1. The number of Topliss-reactive ketones (excluding diaryl/α,β-unsaturated/α-hetero) is 1. The molecule has 0 aliphatic carbocycles. The standard InChI is InChI=1S/C30H28BrFN4O4/c1-30(2,3)40-28(38)25(23-5-4-13-33-23)26(37)22-16-34-29(36-14-12-19-15-20(31)8-11-24(19)36)35-27(22)39-17-18-6-9-21(32)10-7-18/h4-11,13,15-16,25,33H,12,14,17H2,1-3H3. The Bertz CT molecular complexity index is 1530. The van der Waals surface area contributed by atoms with Crippen LogP contribution in [0.5, 0.6) is 5.88 Å². The molecule has 0 saturated carbocycles. The number of ether oxygens (including phenoxy) is 2. The molecule has 4 aromatic rings. The van der Waals surface area contributed by atoms with Gasteiger partial charge in [0.1, 0.15) is 18.0 Å². The van der Waals surface area contributed by atoms with Crippen molar-refractivity contribution in [3.8, 4) is 5.88 Å². The highest BCUT2D eigenvalue weighted by Gasteiger charge is 2.37. The van der Waals surface area contributed by atoms with Crippen molar-refractivity contribution in [1.82, 2.24) is 15.0 Å². The van der Waals surface area contributed by atoms with Gasteiger partial charge in [0.15, 0.2) is 11.7 Å². The minimum atomic E-state index is -1.28. The maximum absolute atomic E-state index is 14.0. The number of nitrogens with one attached hydrogen (secondary N) is 1. The van der Waals surface area contributed by atoms with E-state index >= 15 is 0 Å². The van der Waals surface area contributed by atoms with E-state index in [2.05, 4.69) is 36.9 Å². The molecule has 10 heteroatoms. The Hall–Kier alpha value is -4.05. The van der Waals surface area contributed by atoms with Crippen LogP contribution in [0.3, 0.4) is 0 Å². The zero-order valence-corrected chi connectivity index (χ0v) is 23.9. The summed E-state index contributed by atoms with van der Waals surface area (Å²) >= 11 is 3.51. The lowest BCUT2D eigenvalue weighted by Crippen LogP contribution is -2.32. The Labute approximate surface area is 239 Å². The lowest BCUT2D eigenvalue weighted by atomic mass is 9.95. The van der Waals surface area contributed by atoms with Crippen molar-refractivity contribution in [2.45, 2.75) is 45.3 Å². The third-order valence-electron chi connectivity index (χ3n) is 6.31. The van der Waals surface area contributed by atoms with Gasteiger partial charge in [0.2, 0.25) is 11.8 Å². The average Bonchev–Trinajstić information content (AvgIpc) is 3.57. The highest BCUT2D eigenvalue weighted by atomic mass is 79.9. The highest BCUT2D eigenvalue weighted by Crippen LogP contribution is 2.36. The summed E-state index contributed by atoms with van der Waals surface area (Å²) < 4.78 is 26.1. The maximum atomic E-state index is 14.0. The Morgan fingerprint density at radius 3 is 2.62 bits per heavy atom. The van der Waals surface area contributed by atoms with Gasteiger partial charge in [-0.2, -0.15) is 4.98 Å². The van der Waals surface area contributed by atoms with Crippen LogP contribution in [0.25, 0.3) is 0 Å². The van der Waals surface area contributed by atoms with Crippen molar-refractivity contribution < 1.29 is 23.5 Å². The largest absolute Gasteiger partial charge is 0.472 e. The lowest BCUT2D eigenvalue weighted by molar-refractivity contribution is -0.155. The van der Waals surface area contributed by atoms with Crippen LogP contribution in [0.15, 0.2) is 71.5 Å². The van der Waals surface area contributed by atoms with Crippen LogP contribution in [0.4, 0.5) is 16.0 Å². The van der Waals surface area contributed by atoms with E-state index in [0.717, 1.165) is 22.1 Å². The van der Waals surface area contributed by atoms with Crippen molar-refractivity contribution in [2.24, 2.45) is 0 Å². The van der Waals surface area contributed by atoms with Gasteiger partial charge in [0, 0.05) is 34.8 Å². The fourth-order valence-corrected chi connectivity index (χ4v) is 4.90. The monoisotopic (exact) mass is 606 g/mol. The summed E-state index contributed by atoms with van der Waals surface area (Å²) in [6.07, 6.45) is 3.83. The number of carbonyl (C=O) groups excluding carboxylic acids is 2. The molecule has 5 rings (SSSR count). The molecule has 0 saturated heterocycles. The van der Waals surface area contributed by atoms with E-state index < -0.39 is 23.3 Å². The zero-order chi connectivity index (χ0) is 28.4. The first-order valence-electron chi connectivity index (χ1n) is 12.8. The summed E-state index contributed by atoms with van der Waals surface area (Å²) in [6, 6.07) is 15.2. The Morgan fingerprint density at radius 1 is 1.15 bits per heavy atom. The topological polar surface area (TPSA) is 97.4 Å². The number of nitrogens with zero attached hydrogens (tertiary/aromatic N) is 3. The summed E-state index contributed by atoms with van der Waals surface area (Å²) in [7, 11) is 0. The van der Waals surface area contributed by atoms with Crippen LogP contribution >= 0.6 is 15.9 Å². The number of rotatable bonds is 8. The average molecular weight is 607 g/mol. The Kier molecular flexibility index (Phi) is 7.71. The number of benzene rings is 2. The molecule has 0 radical (unpaired) electrons. The molecule has 0 fully saturated rings. The second kappa shape index (κ2) is 11.2. The van der Waals surface area contributed by atoms with Gasteiger partial charge in [-0.3, -0.25) is 9.59 Å². The molecule has 2 aromatic carbocycles. The number of aromatic amines is 1. The minimum Gasteiger partial charge on any atom is -0.472 e. The number of carbonyl (C=O) groups is 2. The number of hydrogen-bond donors (Lipinski definition) is 1. The van der Waals surface area contributed by atoms with Crippen molar-refractivity contribution in [1.29, 1.82) is 0 Å². The van der Waals surface area contributed by atoms with E-state index in [1.165, 1.54) is 18.3 Å². The van der Waals surface area contributed by atoms with Crippen molar-refractivity contribution >= 4 is 39.3 Å². The van der Waals surface area contributed by atoms with Crippen molar-refractivity contribution in [3.05, 3.63) is 99.7 Å². The molecule has 40 heavy (non-hydrogen) atoms. The molecule has 2 aromatic heterocycles. The number of halogens is 2. The predicted molar refractivity (Wildman–Crippen MR) is 151 cm³/mol. The molecule has 3 heterocycles. The Morgan fingerprint density at radius 2 is 1.93 bits per heavy atom. The number of esters is 1. The van der Waals surface area contributed by atoms with Crippen LogP contribution in [0.1, 0.15) is 53.9 Å². The molecule has 0 amide bonds. The molecule has 1 aliphatic heterocycles. The van der Waals surface area contributed by atoms with Crippen molar-refractivity contribution in [3.63, 3.8) is 0 Å². The van der Waals surface area contributed by atoms with Crippen LogP contribution in [-0.2, 0) is 22.6 Å². The number of fused-ring (bicyclic) bond motifs is 1. The second-order valence-corrected chi connectivity index (χ2v) is 11.4. The fourth-order valence-electron chi connectivity index (χ4n) is 4.49. The molecule has 0 spiro atoms. The van der Waals surface area contributed by atoms with Gasteiger partial charge < -0.3 is 19.4 Å². The zero-order valence-electron chi connectivity index (χ0n) is 22.3. The van der Waals surface area contributed by atoms with Crippen LogP contribution < -0.4 is 9.64 Å². The van der Waals surface area contributed by atoms with Crippen molar-refractivity contribution in [2.75, 3.05) is 11.4 Å². The second-order valence-electron chi connectivity index (χ2n) is 10.4. The summed E-state index contributed by atoms with van der Waals surface area (Å²) in [5.41, 5.74) is 2.40. The lowest BCUT2D eigenvalue weighted by Gasteiger charge is -2.24. The Balaban J connectivity index is 1.53. The van der Waals surface area contributed by atoms with E-state index in [1.54, 1.807) is 51.2 Å². The first kappa shape index (κ1) is 27.5. The van der Waals surface area contributed by atoms with Crippen LogP contribution in [0.2, 0.25) is 0 Å². The van der Waals surface area contributed by atoms with Gasteiger partial charge in [-0.15, -0.1) is 0 Å². The summed E-state index contributed by atoms with van der Waals surface area (Å²) in [4.78, 5) is 41.3. The predicted octanol–water partition coefficient (Wildman–Crippen LogP) is 6.29. The smallest absolute Gasteiger partial charge is 0.323 e. The molecule has 0 bridgehead atoms. The molecule has 1 N–H and O–H groups in total. The SMILES string of the molecule is CC(C)(C)OC(=O)C(C(=O)c1cnc(N2CCc3cc(Br)ccc32)nc1OCc1ccc(F)cc1)c1ccc[nH]1. The number of hydrogen-bond acceptors (Lipinski definition) is 7. The molecule has 1 unspecified atom stereocenters. The summed E-state index contributed by atoms with van der Waals surface area (Å²) in [5, 5.41) is 0. The van der Waals surface area contributed by atoms with Gasteiger partial charge in [-0.25, -0.2) is 9.37 Å². The molecule has 1 atom stereocenters. The number of H-pyrrole nitrogens is 1. The summed E-state index contributed by atoms with van der Waals surface area (Å²) in [5.74, 6) is -2.53. The summed E-state index contributed by atoms with van der Waals surface area (Å²) in [6.45, 7) is 5.90. The van der Waals surface area contributed by atoms with Gasteiger partial charge in [-0.1, -0.05) is 28.1 Å². The normalized spacial score (nSPS) is 13.6. The molecular formula is C30H28BrFN4O4. The maximum Gasteiger partial charge on any atom is 0.323 e. The fraction of sp³-hybridized carbons (Fsp3) is 0.267. The van der Waals surface area contributed by atoms with Gasteiger partial charge in [0.25, 0.3) is 0 Å². The first-order chi connectivity index (χ1) is 19.1. The third-order valence-corrected chi connectivity index (χ3v) is 6.80. The van der Waals surface area contributed by atoms with Gasteiger partial charge in [-0.05, 0) is 80.8 Å². The molecule has 1 aliphatic rings. The molecule has 206 valence electrons. The van der Waals surface area contributed by atoms with E-state index in [9.17, 15) is 14.0 Å². The van der Waals surface area contributed by atoms with Gasteiger partial charge in [0.05, 0.1) is 5.56 Å². The quantitative estimate of drug-likeness (QED) is 0.143. The van der Waals surface area contributed by atoms with E-state index in [1.807, 2.05) is 17.0 Å².